The van der Waals surface area contributed by atoms with E-state index in [2.05, 4.69) is 0 Å². The molecule has 0 aromatic rings. The molecule has 0 radical (unpaired) electrons. The molecule has 0 rings (SSSR count). The molecular weight excluding hydrogens is 156 g/mol. The minimum Gasteiger partial charge on any atom is -0.478 e. The maximum atomic E-state index is 10.3. The Kier molecular flexibility index (Phi) is 5.37. The molecule has 0 saturated heterocycles. The summed E-state index contributed by atoms with van der Waals surface area (Å²) in [5.41, 5.74) is 0.401. The van der Waals surface area contributed by atoms with Gasteiger partial charge in [0, 0.05) is 12.7 Å². The quantitative estimate of drug-likeness (QED) is 0.643. The van der Waals surface area contributed by atoms with E-state index in [-0.39, 0.29) is 6.10 Å². The average Bonchev–Trinajstić information content (AvgIpc) is 2.03. The minimum atomic E-state index is -0.847. The smallest absolute Gasteiger partial charge is 0.330 e. The largest absolute Gasteiger partial charge is 0.478 e. The summed E-state index contributed by atoms with van der Waals surface area (Å²) in [6, 6.07) is 0. The molecule has 0 aromatic heterocycles. The Balaban J connectivity index is 3.67. The van der Waals surface area contributed by atoms with Gasteiger partial charge in [0.1, 0.15) is 0 Å². The number of aliphatic carboxylic acids is 1. The first-order chi connectivity index (χ1) is 5.57. The number of rotatable bonds is 5. The van der Waals surface area contributed by atoms with Crippen molar-refractivity contribution in [1.29, 1.82) is 0 Å². The summed E-state index contributed by atoms with van der Waals surface area (Å²) in [5, 5.41) is 8.50. The van der Waals surface area contributed by atoms with Gasteiger partial charge in [-0.1, -0.05) is 6.08 Å². The van der Waals surface area contributed by atoms with Crippen molar-refractivity contribution in [2.24, 2.45) is 0 Å². The summed E-state index contributed by atoms with van der Waals surface area (Å²) in [6.07, 6.45) is 3.54. The lowest BCUT2D eigenvalue weighted by molar-refractivity contribution is -0.132. The molecule has 1 unspecified atom stereocenters. The van der Waals surface area contributed by atoms with Gasteiger partial charge in [0.2, 0.25) is 0 Å². The van der Waals surface area contributed by atoms with Crippen molar-refractivity contribution in [2.45, 2.75) is 32.8 Å². The molecule has 3 nitrogen and oxygen atoms in total. The average molecular weight is 172 g/mol. The Labute approximate surface area is 73.0 Å². The normalized spacial score (nSPS) is 14.4. The number of allylic oxidation sites excluding steroid dienone is 1. The van der Waals surface area contributed by atoms with Gasteiger partial charge in [-0.2, -0.15) is 0 Å². The molecule has 0 bridgehead atoms. The van der Waals surface area contributed by atoms with E-state index < -0.39 is 5.97 Å². The van der Waals surface area contributed by atoms with E-state index in [1.165, 1.54) is 0 Å². The molecule has 12 heavy (non-hydrogen) atoms. The van der Waals surface area contributed by atoms with Crippen LogP contribution >= 0.6 is 0 Å². The van der Waals surface area contributed by atoms with Gasteiger partial charge >= 0.3 is 5.97 Å². The molecule has 1 atom stereocenters. The standard InChI is InChI=1S/C9H16O3/c1-7(9(10)11)5-4-6-8(2)12-3/h5,8H,4,6H2,1-3H3,(H,10,11)/b7-5+. The van der Waals surface area contributed by atoms with Gasteiger partial charge in [-0.25, -0.2) is 4.79 Å². The van der Waals surface area contributed by atoms with E-state index in [0.717, 1.165) is 12.8 Å². The van der Waals surface area contributed by atoms with Crippen LogP contribution in [0.2, 0.25) is 0 Å². The van der Waals surface area contributed by atoms with Crippen molar-refractivity contribution in [2.75, 3.05) is 7.11 Å². The fraction of sp³-hybridized carbons (Fsp3) is 0.667. The Morgan fingerprint density at radius 2 is 2.25 bits per heavy atom. The van der Waals surface area contributed by atoms with Gasteiger partial charge in [-0.15, -0.1) is 0 Å². The van der Waals surface area contributed by atoms with Crippen molar-refractivity contribution in [3.05, 3.63) is 11.6 Å². The topological polar surface area (TPSA) is 46.5 Å². The van der Waals surface area contributed by atoms with E-state index in [4.69, 9.17) is 9.84 Å². The summed E-state index contributed by atoms with van der Waals surface area (Å²) in [5.74, 6) is -0.847. The maximum Gasteiger partial charge on any atom is 0.330 e. The molecule has 3 heteroatoms. The van der Waals surface area contributed by atoms with Crippen molar-refractivity contribution >= 4 is 5.97 Å². The van der Waals surface area contributed by atoms with Crippen LogP contribution in [-0.2, 0) is 9.53 Å². The van der Waals surface area contributed by atoms with Crippen molar-refractivity contribution < 1.29 is 14.6 Å². The van der Waals surface area contributed by atoms with E-state index in [0.29, 0.717) is 5.57 Å². The lowest BCUT2D eigenvalue weighted by atomic mass is 10.1. The molecule has 0 aromatic carbocycles. The molecule has 70 valence electrons. The highest BCUT2D eigenvalue weighted by atomic mass is 16.5. The highest BCUT2D eigenvalue weighted by Crippen LogP contribution is 2.03. The Bertz CT molecular complexity index is 173. The van der Waals surface area contributed by atoms with Crippen LogP contribution in [0.5, 0.6) is 0 Å². The van der Waals surface area contributed by atoms with Gasteiger partial charge in [0.15, 0.2) is 0 Å². The summed E-state index contributed by atoms with van der Waals surface area (Å²) in [4.78, 5) is 10.3. The first-order valence-corrected chi connectivity index (χ1v) is 4.00. The lowest BCUT2D eigenvalue weighted by Crippen LogP contribution is -2.03. The van der Waals surface area contributed by atoms with Crippen molar-refractivity contribution in [1.82, 2.24) is 0 Å². The molecule has 0 aliphatic carbocycles. The van der Waals surface area contributed by atoms with Crippen LogP contribution in [-0.4, -0.2) is 24.3 Å². The summed E-state index contributed by atoms with van der Waals surface area (Å²) < 4.78 is 5.02. The molecule has 0 aliphatic heterocycles. The Morgan fingerprint density at radius 3 is 2.67 bits per heavy atom. The summed E-state index contributed by atoms with van der Waals surface area (Å²) in [6.45, 7) is 3.56. The SMILES string of the molecule is COC(C)CC/C=C(\C)C(=O)O. The number of hydrogen-bond donors (Lipinski definition) is 1. The third-order valence-corrected chi connectivity index (χ3v) is 1.76. The van der Waals surface area contributed by atoms with Gasteiger partial charge in [0.25, 0.3) is 0 Å². The van der Waals surface area contributed by atoms with Crippen molar-refractivity contribution in [3.8, 4) is 0 Å². The zero-order chi connectivity index (χ0) is 9.56. The number of ether oxygens (including phenoxy) is 1. The van der Waals surface area contributed by atoms with Gasteiger partial charge in [0.05, 0.1) is 6.10 Å². The maximum absolute atomic E-state index is 10.3. The lowest BCUT2D eigenvalue weighted by Gasteiger charge is -2.06. The summed E-state index contributed by atoms with van der Waals surface area (Å²) in [7, 11) is 1.65. The van der Waals surface area contributed by atoms with Crippen LogP contribution in [0.3, 0.4) is 0 Å². The summed E-state index contributed by atoms with van der Waals surface area (Å²) >= 11 is 0. The molecule has 0 heterocycles. The van der Waals surface area contributed by atoms with E-state index >= 15 is 0 Å². The van der Waals surface area contributed by atoms with E-state index in [1.807, 2.05) is 6.92 Å². The third-order valence-electron chi connectivity index (χ3n) is 1.76. The highest BCUT2D eigenvalue weighted by Gasteiger charge is 2.00. The molecule has 0 spiro atoms. The first-order valence-electron chi connectivity index (χ1n) is 4.00. The predicted molar refractivity (Wildman–Crippen MR) is 47.1 cm³/mol. The number of hydrogen-bond acceptors (Lipinski definition) is 2. The highest BCUT2D eigenvalue weighted by molar-refractivity contribution is 5.85. The number of carboxylic acids is 1. The molecule has 0 amide bonds. The second-order valence-electron chi connectivity index (χ2n) is 2.82. The van der Waals surface area contributed by atoms with Crippen LogP contribution in [0.1, 0.15) is 26.7 Å². The zero-order valence-electron chi connectivity index (χ0n) is 7.83. The second kappa shape index (κ2) is 5.77. The van der Waals surface area contributed by atoms with Gasteiger partial charge < -0.3 is 9.84 Å². The van der Waals surface area contributed by atoms with E-state index in [9.17, 15) is 4.79 Å². The van der Waals surface area contributed by atoms with E-state index in [1.54, 1.807) is 20.1 Å². The molecule has 0 saturated carbocycles. The molecular formula is C9H16O3. The van der Waals surface area contributed by atoms with Crippen LogP contribution in [0.4, 0.5) is 0 Å². The first kappa shape index (κ1) is 11.2. The van der Waals surface area contributed by atoms with Gasteiger partial charge in [-0.05, 0) is 26.7 Å². The minimum absolute atomic E-state index is 0.197. The van der Waals surface area contributed by atoms with Crippen LogP contribution in [0, 0.1) is 0 Å². The predicted octanol–water partition coefficient (Wildman–Crippen LogP) is 1.83. The zero-order valence-corrected chi connectivity index (χ0v) is 7.83. The third kappa shape index (κ3) is 4.91. The monoisotopic (exact) mass is 172 g/mol. The van der Waals surface area contributed by atoms with Crippen LogP contribution in [0.15, 0.2) is 11.6 Å². The fourth-order valence-electron chi connectivity index (χ4n) is 0.740. The Morgan fingerprint density at radius 1 is 1.67 bits per heavy atom. The number of carbonyl (C=O) groups is 1. The molecule has 0 aliphatic rings. The molecule has 1 N–H and O–H groups in total. The Hall–Kier alpha value is -0.830. The van der Waals surface area contributed by atoms with Crippen LogP contribution < -0.4 is 0 Å². The number of methoxy groups -OCH3 is 1. The van der Waals surface area contributed by atoms with Crippen molar-refractivity contribution in [3.63, 3.8) is 0 Å². The fourth-order valence-corrected chi connectivity index (χ4v) is 0.740. The van der Waals surface area contributed by atoms with Gasteiger partial charge in [-0.3, -0.25) is 0 Å². The van der Waals surface area contributed by atoms with Crippen LogP contribution in [0.25, 0.3) is 0 Å². The second-order valence-corrected chi connectivity index (χ2v) is 2.82. The molecule has 0 fully saturated rings. The number of carboxylic acid groups (broad SMARTS) is 1.